The Labute approximate surface area is 182 Å². The molecule has 3 N–H and O–H groups in total. The minimum atomic E-state index is -0.738. The number of hydrogen-bond acceptors (Lipinski definition) is 4. The smallest absolute Gasteiger partial charge is 0.323 e. The topological polar surface area (TPSA) is 88.5 Å². The SMILES string of the molecule is Nc1ccc(-c2ccc(F)cc2F)nc1NC(=O)N1CC(Cc2cccc3nccn23)C1. The van der Waals surface area contributed by atoms with Crippen molar-refractivity contribution in [3.63, 3.8) is 0 Å². The van der Waals surface area contributed by atoms with Crippen molar-refractivity contribution in [3.8, 4) is 11.3 Å². The molecule has 2 amide bonds. The van der Waals surface area contributed by atoms with Crippen LogP contribution in [0.4, 0.5) is 25.1 Å². The van der Waals surface area contributed by atoms with Gasteiger partial charge in [-0.3, -0.25) is 5.32 Å². The van der Waals surface area contributed by atoms with Crippen molar-refractivity contribution >= 4 is 23.2 Å². The molecule has 0 aliphatic carbocycles. The fraction of sp³-hybridized carbons (Fsp3) is 0.174. The molecule has 5 rings (SSSR count). The first-order chi connectivity index (χ1) is 15.5. The van der Waals surface area contributed by atoms with Crippen molar-refractivity contribution in [3.05, 3.63) is 78.3 Å². The number of nitrogens with zero attached hydrogens (tertiary/aromatic N) is 4. The molecule has 4 aromatic rings. The summed E-state index contributed by atoms with van der Waals surface area (Å²) in [5.41, 5.74) is 8.63. The van der Waals surface area contributed by atoms with Gasteiger partial charge in [-0.25, -0.2) is 23.5 Å². The number of aromatic nitrogens is 3. The fourth-order valence-electron chi connectivity index (χ4n) is 3.93. The number of halogens is 2. The van der Waals surface area contributed by atoms with Crippen LogP contribution in [-0.4, -0.2) is 38.4 Å². The molecular formula is C23H20F2N6O. The van der Waals surface area contributed by atoms with Crippen LogP contribution in [0.2, 0.25) is 0 Å². The first-order valence-electron chi connectivity index (χ1n) is 10.2. The number of amides is 2. The number of nitrogens with one attached hydrogen (secondary N) is 1. The van der Waals surface area contributed by atoms with Crippen LogP contribution in [-0.2, 0) is 6.42 Å². The standard InChI is InChI=1S/C23H20F2N6O/c24-15-4-5-17(18(25)11-15)20-7-6-19(26)22(28-20)29-23(32)30-12-14(13-30)10-16-2-1-3-21-27-8-9-31(16)21/h1-9,11,14H,10,12-13,26H2,(H,28,29,32). The van der Waals surface area contributed by atoms with Gasteiger partial charge in [0.05, 0.1) is 11.4 Å². The normalized spacial score (nSPS) is 13.9. The number of nitrogen functional groups attached to an aromatic ring is 1. The van der Waals surface area contributed by atoms with Gasteiger partial charge in [-0.1, -0.05) is 6.07 Å². The van der Waals surface area contributed by atoms with Gasteiger partial charge in [-0.2, -0.15) is 0 Å². The number of benzene rings is 1. The number of rotatable bonds is 4. The summed E-state index contributed by atoms with van der Waals surface area (Å²) >= 11 is 0. The maximum atomic E-state index is 14.1. The van der Waals surface area contributed by atoms with Gasteiger partial charge in [0, 0.05) is 42.8 Å². The largest absolute Gasteiger partial charge is 0.396 e. The number of carbonyl (C=O) groups excluding carboxylic acids is 1. The molecule has 7 nitrogen and oxygen atoms in total. The molecule has 0 unspecified atom stereocenters. The molecule has 1 aromatic carbocycles. The Morgan fingerprint density at radius 1 is 1.16 bits per heavy atom. The minimum Gasteiger partial charge on any atom is -0.396 e. The van der Waals surface area contributed by atoms with Crippen molar-refractivity contribution in [2.45, 2.75) is 6.42 Å². The van der Waals surface area contributed by atoms with E-state index in [0.717, 1.165) is 29.9 Å². The molecule has 3 aromatic heterocycles. The van der Waals surface area contributed by atoms with Crippen LogP contribution in [0.25, 0.3) is 16.9 Å². The van der Waals surface area contributed by atoms with Crippen LogP contribution >= 0.6 is 0 Å². The van der Waals surface area contributed by atoms with E-state index < -0.39 is 11.6 Å². The number of nitrogens with two attached hydrogens (primary N) is 1. The van der Waals surface area contributed by atoms with E-state index in [-0.39, 0.29) is 28.8 Å². The highest BCUT2D eigenvalue weighted by atomic mass is 19.1. The molecule has 162 valence electrons. The molecule has 9 heteroatoms. The summed E-state index contributed by atoms with van der Waals surface area (Å²) in [6.07, 6.45) is 4.53. The molecule has 1 saturated heterocycles. The number of likely N-dealkylation sites (tertiary alicyclic amines) is 1. The first kappa shape index (κ1) is 19.9. The number of fused-ring (bicyclic) bond motifs is 1. The fourth-order valence-corrected chi connectivity index (χ4v) is 3.93. The molecule has 4 heterocycles. The average molecular weight is 434 g/mol. The van der Waals surface area contributed by atoms with Crippen LogP contribution in [0.1, 0.15) is 5.69 Å². The molecule has 0 saturated carbocycles. The van der Waals surface area contributed by atoms with Crippen LogP contribution < -0.4 is 11.1 Å². The number of anilines is 2. The quantitative estimate of drug-likeness (QED) is 0.509. The van der Waals surface area contributed by atoms with E-state index >= 15 is 0 Å². The zero-order valence-corrected chi connectivity index (χ0v) is 17.0. The lowest BCUT2D eigenvalue weighted by Crippen LogP contribution is -2.52. The molecule has 0 bridgehead atoms. The van der Waals surface area contributed by atoms with E-state index in [0.29, 0.717) is 19.0 Å². The Morgan fingerprint density at radius 3 is 2.81 bits per heavy atom. The van der Waals surface area contributed by atoms with Crippen LogP contribution in [0.3, 0.4) is 0 Å². The third kappa shape index (κ3) is 3.73. The second-order valence-corrected chi connectivity index (χ2v) is 7.84. The summed E-state index contributed by atoms with van der Waals surface area (Å²) in [4.78, 5) is 22.9. The summed E-state index contributed by atoms with van der Waals surface area (Å²) in [5, 5.41) is 2.70. The summed E-state index contributed by atoms with van der Waals surface area (Å²) in [5.74, 6) is -0.938. The monoisotopic (exact) mass is 434 g/mol. The number of pyridine rings is 2. The summed E-state index contributed by atoms with van der Waals surface area (Å²) in [6.45, 7) is 1.20. The zero-order chi connectivity index (χ0) is 22.2. The van der Waals surface area contributed by atoms with Crippen molar-refractivity contribution in [2.24, 2.45) is 5.92 Å². The number of imidazole rings is 1. The highest BCUT2D eigenvalue weighted by Crippen LogP contribution is 2.27. The van der Waals surface area contributed by atoms with Crippen molar-refractivity contribution in [1.82, 2.24) is 19.3 Å². The Balaban J connectivity index is 1.24. The van der Waals surface area contributed by atoms with E-state index in [1.807, 2.05) is 22.7 Å². The lowest BCUT2D eigenvalue weighted by atomic mass is 9.94. The number of hydrogen-bond donors (Lipinski definition) is 2. The highest BCUT2D eigenvalue weighted by molar-refractivity contribution is 5.92. The van der Waals surface area contributed by atoms with Crippen LogP contribution in [0, 0.1) is 17.6 Å². The predicted octanol–water partition coefficient (Wildman–Crippen LogP) is 3.96. The molecule has 0 radical (unpaired) electrons. The Bertz CT molecular complexity index is 1320. The van der Waals surface area contributed by atoms with Crippen molar-refractivity contribution < 1.29 is 13.6 Å². The third-order valence-corrected chi connectivity index (χ3v) is 5.61. The van der Waals surface area contributed by atoms with E-state index in [1.54, 1.807) is 11.1 Å². The second kappa shape index (κ2) is 7.92. The van der Waals surface area contributed by atoms with Gasteiger partial charge in [0.25, 0.3) is 0 Å². The van der Waals surface area contributed by atoms with Crippen molar-refractivity contribution in [1.29, 1.82) is 0 Å². The van der Waals surface area contributed by atoms with Gasteiger partial charge in [-0.05, 0) is 48.7 Å². The predicted molar refractivity (Wildman–Crippen MR) is 117 cm³/mol. The van der Waals surface area contributed by atoms with E-state index in [4.69, 9.17) is 5.73 Å². The maximum absolute atomic E-state index is 14.1. The maximum Gasteiger partial charge on any atom is 0.323 e. The molecule has 32 heavy (non-hydrogen) atoms. The third-order valence-electron chi connectivity index (χ3n) is 5.61. The average Bonchev–Trinajstić information content (AvgIpc) is 3.22. The highest BCUT2D eigenvalue weighted by Gasteiger charge is 2.31. The summed E-state index contributed by atoms with van der Waals surface area (Å²) in [6, 6.07) is 12.0. The molecule has 0 atom stereocenters. The lowest BCUT2D eigenvalue weighted by molar-refractivity contribution is 0.130. The van der Waals surface area contributed by atoms with Crippen LogP contribution in [0.5, 0.6) is 0 Å². The number of urea groups is 1. The van der Waals surface area contributed by atoms with Gasteiger partial charge < -0.3 is 15.0 Å². The van der Waals surface area contributed by atoms with Crippen LogP contribution in [0.15, 0.2) is 60.9 Å². The van der Waals surface area contributed by atoms with Gasteiger partial charge in [0.1, 0.15) is 17.3 Å². The summed E-state index contributed by atoms with van der Waals surface area (Å²) < 4.78 is 29.4. The van der Waals surface area contributed by atoms with E-state index in [9.17, 15) is 13.6 Å². The molecule has 1 aliphatic heterocycles. The van der Waals surface area contributed by atoms with Gasteiger partial charge in [-0.15, -0.1) is 0 Å². The summed E-state index contributed by atoms with van der Waals surface area (Å²) in [7, 11) is 0. The molecule has 0 spiro atoms. The first-order valence-corrected chi connectivity index (χ1v) is 10.2. The van der Waals surface area contributed by atoms with Gasteiger partial charge in [0.2, 0.25) is 0 Å². The zero-order valence-electron chi connectivity index (χ0n) is 17.0. The van der Waals surface area contributed by atoms with Crippen molar-refractivity contribution in [2.75, 3.05) is 24.1 Å². The number of carbonyl (C=O) groups is 1. The molecule has 1 aliphatic rings. The lowest BCUT2D eigenvalue weighted by Gasteiger charge is -2.39. The Kier molecular flexibility index (Phi) is 4.93. The Morgan fingerprint density at radius 2 is 2.00 bits per heavy atom. The second-order valence-electron chi connectivity index (χ2n) is 7.84. The molecular weight excluding hydrogens is 414 g/mol. The minimum absolute atomic E-state index is 0.125. The van der Waals surface area contributed by atoms with E-state index in [2.05, 4.69) is 21.4 Å². The van der Waals surface area contributed by atoms with Gasteiger partial charge >= 0.3 is 6.03 Å². The molecule has 1 fully saturated rings. The van der Waals surface area contributed by atoms with E-state index in [1.165, 1.54) is 18.2 Å². The van der Waals surface area contributed by atoms with Gasteiger partial charge in [0.15, 0.2) is 5.82 Å². The Hall–Kier alpha value is -4.01.